The van der Waals surface area contributed by atoms with Gasteiger partial charge in [0.25, 0.3) is 5.69 Å². The molecule has 12 heteroatoms. The van der Waals surface area contributed by atoms with Crippen LogP contribution in [0.2, 0.25) is 0 Å². The molecular formula is C22H30N8O3S. The number of hydrogen-bond acceptors (Lipinski definition) is 11. The number of anilines is 3. The van der Waals surface area contributed by atoms with Crippen LogP contribution in [-0.4, -0.2) is 69.7 Å². The summed E-state index contributed by atoms with van der Waals surface area (Å²) in [4.78, 5) is 29.9. The van der Waals surface area contributed by atoms with Gasteiger partial charge in [-0.2, -0.15) is 20.1 Å². The maximum atomic E-state index is 11.4. The minimum atomic E-state index is -0.424. The monoisotopic (exact) mass is 486 g/mol. The molecule has 1 aromatic carbocycles. The molecule has 0 aliphatic carbocycles. The summed E-state index contributed by atoms with van der Waals surface area (Å²) < 4.78 is 0. The van der Waals surface area contributed by atoms with Gasteiger partial charge in [0.05, 0.1) is 22.6 Å². The second-order valence-corrected chi connectivity index (χ2v) is 9.42. The van der Waals surface area contributed by atoms with E-state index < -0.39 is 4.92 Å². The maximum absolute atomic E-state index is 11.4. The minimum absolute atomic E-state index is 0.0117. The van der Waals surface area contributed by atoms with Crippen LogP contribution in [0.4, 0.5) is 23.5 Å². The number of piperidine rings is 2. The summed E-state index contributed by atoms with van der Waals surface area (Å²) in [6.07, 6.45) is 8.44. The number of aromatic nitrogens is 3. The van der Waals surface area contributed by atoms with E-state index in [1.54, 1.807) is 12.1 Å². The first-order valence-corrected chi connectivity index (χ1v) is 12.7. The van der Waals surface area contributed by atoms with Crippen LogP contribution < -0.4 is 15.2 Å². The molecule has 34 heavy (non-hydrogen) atoms. The number of thioether (sulfide) groups is 1. The molecule has 3 heterocycles. The van der Waals surface area contributed by atoms with E-state index in [0.717, 1.165) is 51.9 Å². The number of nitrogens with zero attached hydrogens (tertiary/aromatic N) is 7. The molecular weight excluding hydrogens is 456 g/mol. The fourth-order valence-corrected chi connectivity index (χ4v) is 4.83. The number of nitrogens with one attached hydrogen (secondary N) is 1. The summed E-state index contributed by atoms with van der Waals surface area (Å²) in [6, 6.07) is 4.89. The number of hydrazone groups is 1. The highest BCUT2D eigenvalue weighted by molar-refractivity contribution is 7.99. The van der Waals surface area contributed by atoms with Gasteiger partial charge in [-0.25, -0.2) is 5.43 Å². The van der Waals surface area contributed by atoms with Gasteiger partial charge in [-0.15, -0.1) is 11.8 Å². The van der Waals surface area contributed by atoms with Gasteiger partial charge in [0, 0.05) is 43.6 Å². The van der Waals surface area contributed by atoms with E-state index in [4.69, 9.17) is 10.1 Å². The normalized spacial score (nSPS) is 16.7. The van der Waals surface area contributed by atoms with E-state index in [-0.39, 0.29) is 12.3 Å². The van der Waals surface area contributed by atoms with Crippen molar-refractivity contribution in [1.29, 1.82) is 0 Å². The van der Waals surface area contributed by atoms with E-state index in [9.17, 15) is 10.1 Å². The standard InChI is InChI=1S/C22H30N8O3S/c31-13-14-34-19-8-7-17(15-18(19)30(32)33)16-23-27-20-24-21(28-9-3-1-4-10-28)26-22(25-20)29-11-5-2-6-12-29/h7-8,15-16,31H,1-6,9-14H2,(H,24,25,26,27)/b23-16-. The number of nitro benzene ring substituents is 1. The predicted octanol–water partition coefficient (Wildman–Crippen LogP) is 3.29. The average molecular weight is 487 g/mol. The van der Waals surface area contributed by atoms with Gasteiger partial charge in [0.2, 0.25) is 17.8 Å². The Hall–Kier alpha value is -2.99. The van der Waals surface area contributed by atoms with Crippen LogP contribution >= 0.6 is 11.8 Å². The third-order valence-corrected chi connectivity index (χ3v) is 6.84. The number of aliphatic hydroxyl groups is 1. The summed E-state index contributed by atoms with van der Waals surface area (Å²) in [5.41, 5.74) is 3.46. The Labute approximate surface area is 202 Å². The zero-order chi connectivity index (χ0) is 23.8. The zero-order valence-electron chi connectivity index (χ0n) is 19.1. The van der Waals surface area contributed by atoms with Gasteiger partial charge in [-0.1, -0.05) is 6.07 Å². The Kier molecular flexibility index (Phi) is 8.47. The average Bonchev–Trinajstić information content (AvgIpc) is 2.88. The second-order valence-electron chi connectivity index (χ2n) is 8.28. The summed E-state index contributed by atoms with van der Waals surface area (Å²) >= 11 is 1.25. The van der Waals surface area contributed by atoms with Crippen LogP contribution in [0.1, 0.15) is 44.1 Å². The highest BCUT2D eigenvalue weighted by Gasteiger charge is 2.20. The van der Waals surface area contributed by atoms with Crippen LogP contribution in [0.3, 0.4) is 0 Å². The molecule has 0 radical (unpaired) electrons. The van der Waals surface area contributed by atoms with Crippen LogP contribution in [0, 0.1) is 10.1 Å². The summed E-state index contributed by atoms with van der Waals surface area (Å²) in [7, 11) is 0. The number of nitro groups is 1. The molecule has 2 aliphatic heterocycles. The fraction of sp³-hybridized carbons (Fsp3) is 0.545. The zero-order valence-corrected chi connectivity index (χ0v) is 19.9. The van der Waals surface area contributed by atoms with Crippen molar-refractivity contribution in [1.82, 2.24) is 15.0 Å². The smallest absolute Gasteiger partial charge is 0.283 e. The van der Waals surface area contributed by atoms with Gasteiger partial charge in [-0.3, -0.25) is 10.1 Å². The lowest BCUT2D eigenvalue weighted by atomic mass is 10.1. The lowest BCUT2D eigenvalue weighted by Gasteiger charge is -2.30. The van der Waals surface area contributed by atoms with Gasteiger partial charge in [0.15, 0.2) is 0 Å². The highest BCUT2D eigenvalue weighted by atomic mass is 32.2. The molecule has 4 rings (SSSR count). The molecule has 2 fully saturated rings. The summed E-state index contributed by atoms with van der Waals surface area (Å²) in [6.45, 7) is 3.67. The first-order chi connectivity index (χ1) is 16.6. The van der Waals surface area contributed by atoms with E-state index in [1.165, 1.54) is 36.9 Å². The van der Waals surface area contributed by atoms with Gasteiger partial charge in [-0.05, 0) is 44.6 Å². The Morgan fingerprint density at radius 2 is 1.65 bits per heavy atom. The summed E-state index contributed by atoms with van der Waals surface area (Å²) in [5, 5.41) is 24.7. The molecule has 0 unspecified atom stereocenters. The van der Waals surface area contributed by atoms with Crippen molar-refractivity contribution in [3.05, 3.63) is 33.9 Å². The molecule has 0 spiro atoms. The van der Waals surface area contributed by atoms with Crippen LogP contribution in [0.15, 0.2) is 28.2 Å². The van der Waals surface area contributed by atoms with Crippen molar-refractivity contribution in [2.75, 3.05) is 53.8 Å². The number of aliphatic hydroxyl groups excluding tert-OH is 1. The lowest BCUT2D eigenvalue weighted by Crippen LogP contribution is -2.34. The Balaban J connectivity index is 1.53. The van der Waals surface area contributed by atoms with Crippen LogP contribution in [0.5, 0.6) is 0 Å². The molecule has 11 nitrogen and oxygen atoms in total. The van der Waals surface area contributed by atoms with Gasteiger partial charge < -0.3 is 14.9 Å². The summed E-state index contributed by atoms with van der Waals surface area (Å²) in [5.74, 6) is 2.08. The molecule has 0 bridgehead atoms. The largest absolute Gasteiger partial charge is 0.396 e. The molecule has 2 aliphatic rings. The van der Waals surface area contributed by atoms with E-state index in [1.807, 2.05) is 0 Å². The molecule has 0 atom stereocenters. The first kappa shape index (κ1) is 24.1. The molecule has 0 saturated carbocycles. The molecule has 2 N–H and O–H groups in total. The van der Waals surface area contributed by atoms with Crippen molar-refractivity contribution in [3.8, 4) is 0 Å². The Bertz CT molecular complexity index is 973. The molecule has 2 aromatic rings. The third-order valence-electron chi connectivity index (χ3n) is 5.80. The molecule has 182 valence electrons. The topological polar surface area (TPSA) is 133 Å². The van der Waals surface area contributed by atoms with Gasteiger partial charge >= 0.3 is 0 Å². The predicted molar refractivity (Wildman–Crippen MR) is 134 cm³/mol. The molecule has 0 amide bonds. The molecule has 1 aromatic heterocycles. The SMILES string of the molecule is O=[N+]([O-])c1cc(/C=N\Nc2nc(N3CCCCC3)nc(N3CCCCC3)n2)ccc1SCCO. The van der Waals surface area contributed by atoms with E-state index in [0.29, 0.717) is 34.1 Å². The number of benzene rings is 1. The van der Waals surface area contributed by atoms with Crippen molar-refractivity contribution >= 4 is 41.5 Å². The molecule has 2 saturated heterocycles. The quantitative estimate of drug-likeness (QED) is 0.235. The third kappa shape index (κ3) is 6.32. The first-order valence-electron chi connectivity index (χ1n) is 11.7. The maximum Gasteiger partial charge on any atom is 0.283 e. The lowest BCUT2D eigenvalue weighted by molar-refractivity contribution is -0.387. The minimum Gasteiger partial charge on any atom is -0.396 e. The van der Waals surface area contributed by atoms with Crippen molar-refractivity contribution in [2.24, 2.45) is 5.10 Å². The Morgan fingerprint density at radius 3 is 2.21 bits per heavy atom. The van der Waals surface area contributed by atoms with Gasteiger partial charge in [0.1, 0.15) is 0 Å². The number of hydrogen-bond donors (Lipinski definition) is 2. The van der Waals surface area contributed by atoms with Crippen LogP contribution in [0.25, 0.3) is 0 Å². The van der Waals surface area contributed by atoms with E-state index in [2.05, 4.69) is 30.3 Å². The highest BCUT2D eigenvalue weighted by Crippen LogP contribution is 2.29. The number of rotatable bonds is 9. The van der Waals surface area contributed by atoms with E-state index >= 15 is 0 Å². The Morgan fingerprint density at radius 1 is 1.03 bits per heavy atom. The van der Waals surface area contributed by atoms with Crippen LogP contribution in [-0.2, 0) is 0 Å². The van der Waals surface area contributed by atoms with Crippen molar-refractivity contribution < 1.29 is 10.0 Å². The van der Waals surface area contributed by atoms with Crippen molar-refractivity contribution in [2.45, 2.75) is 43.4 Å². The fourth-order valence-electron chi connectivity index (χ4n) is 4.07. The second kappa shape index (κ2) is 11.9. The van der Waals surface area contributed by atoms with Crippen molar-refractivity contribution in [3.63, 3.8) is 0 Å².